The SMILES string of the molecule is C=CCCCCCCCCCCCCCCCCCNCCCCCCCCCCCCCCCCCC=C. The maximum Gasteiger partial charge on any atom is -0.00489 e. The summed E-state index contributed by atoms with van der Waals surface area (Å²) in [5.41, 5.74) is 0. The van der Waals surface area contributed by atoms with E-state index in [2.05, 4.69) is 30.6 Å². The van der Waals surface area contributed by atoms with Crippen LogP contribution in [0.15, 0.2) is 25.3 Å². The second-order valence-corrected chi connectivity index (χ2v) is 12.5. The Labute approximate surface area is 248 Å². The molecule has 0 radical (unpaired) electrons. The first-order chi connectivity index (χ1) is 19.4. The Bertz CT molecular complexity index is 402. The van der Waals surface area contributed by atoms with Crippen molar-refractivity contribution in [1.29, 1.82) is 0 Å². The van der Waals surface area contributed by atoms with Crippen LogP contribution in [-0.2, 0) is 0 Å². The zero-order valence-electron chi connectivity index (χ0n) is 27.1. The van der Waals surface area contributed by atoms with Crippen molar-refractivity contribution in [2.24, 2.45) is 0 Å². The Morgan fingerprint density at radius 3 is 0.641 bits per heavy atom. The summed E-state index contributed by atoms with van der Waals surface area (Å²) in [4.78, 5) is 0. The summed E-state index contributed by atoms with van der Waals surface area (Å²) in [6, 6.07) is 0. The zero-order valence-corrected chi connectivity index (χ0v) is 27.1. The van der Waals surface area contributed by atoms with Crippen molar-refractivity contribution >= 4 is 0 Å². The van der Waals surface area contributed by atoms with Gasteiger partial charge >= 0.3 is 0 Å². The summed E-state index contributed by atoms with van der Waals surface area (Å²) in [5, 5.41) is 3.68. The van der Waals surface area contributed by atoms with Crippen LogP contribution in [-0.4, -0.2) is 13.1 Å². The van der Waals surface area contributed by atoms with Crippen LogP contribution >= 0.6 is 0 Å². The molecule has 0 aromatic rings. The highest BCUT2D eigenvalue weighted by molar-refractivity contribution is 4.66. The van der Waals surface area contributed by atoms with E-state index >= 15 is 0 Å². The molecule has 0 fully saturated rings. The quantitative estimate of drug-likeness (QED) is 0.0609. The van der Waals surface area contributed by atoms with Gasteiger partial charge in [0.25, 0.3) is 0 Å². The number of nitrogens with one attached hydrogen (secondary N) is 1. The highest BCUT2D eigenvalue weighted by atomic mass is 14.8. The molecule has 0 aromatic carbocycles. The van der Waals surface area contributed by atoms with E-state index in [1.54, 1.807) is 0 Å². The molecule has 1 N–H and O–H groups in total. The van der Waals surface area contributed by atoms with Crippen molar-refractivity contribution in [2.45, 2.75) is 205 Å². The van der Waals surface area contributed by atoms with E-state index in [4.69, 9.17) is 0 Å². The molecular formula is C38H75N. The lowest BCUT2D eigenvalue weighted by molar-refractivity contribution is 0.516. The fraction of sp³-hybridized carbons (Fsp3) is 0.895. The van der Waals surface area contributed by atoms with Crippen molar-refractivity contribution in [3.05, 3.63) is 25.3 Å². The molecule has 0 aliphatic carbocycles. The summed E-state index contributed by atoms with van der Waals surface area (Å²) < 4.78 is 0. The van der Waals surface area contributed by atoms with Crippen LogP contribution in [0.4, 0.5) is 0 Å². The van der Waals surface area contributed by atoms with Crippen LogP contribution in [0.1, 0.15) is 205 Å². The predicted molar refractivity (Wildman–Crippen MR) is 181 cm³/mol. The largest absolute Gasteiger partial charge is 0.317 e. The standard InChI is InChI=1S/C38H75N/c1-3-5-7-9-11-13-15-17-19-21-23-25-27-29-31-33-35-37-39-38-36-34-32-30-28-26-24-22-20-18-16-14-12-10-8-6-4-2/h3-4,39H,1-2,5-38H2. The van der Waals surface area contributed by atoms with Gasteiger partial charge in [0.05, 0.1) is 0 Å². The molecule has 0 bridgehead atoms. The van der Waals surface area contributed by atoms with Gasteiger partial charge in [-0.15, -0.1) is 13.2 Å². The van der Waals surface area contributed by atoms with Gasteiger partial charge in [-0.05, 0) is 51.6 Å². The number of hydrogen-bond acceptors (Lipinski definition) is 1. The molecule has 0 saturated heterocycles. The molecule has 0 saturated carbocycles. The van der Waals surface area contributed by atoms with Gasteiger partial charge in [-0.1, -0.05) is 179 Å². The maximum absolute atomic E-state index is 3.80. The summed E-state index contributed by atoms with van der Waals surface area (Å²) in [6.45, 7) is 10.1. The fourth-order valence-electron chi connectivity index (χ4n) is 5.80. The number of rotatable bonds is 36. The van der Waals surface area contributed by atoms with Crippen molar-refractivity contribution < 1.29 is 0 Å². The Balaban J connectivity index is 3.02. The highest BCUT2D eigenvalue weighted by Gasteiger charge is 1.97. The van der Waals surface area contributed by atoms with E-state index in [0.29, 0.717) is 0 Å². The van der Waals surface area contributed by atoms with Gasteiger partial charge < -0.3 is 5.32 Å². The molecule has 0 rings (SSSR count). The van der Waals surface area contributed by atoms with Crippen LogP contribution in [0, 0.1) is 0 Å². The second kappa shape index (κ2) is 37.4. The number of allylic oxidation sites excluding steroid dienone is 2. The third kappa shape index (κ3) is 37.4. The zero-order chi connectivity index (χ0) is 28.2. The molecule has 0 spiro atoms. The predicted octanol–water partition coefficient (Wildman–Crippen LogP) is 13.4. The van der Waals surface area contributed by atoms with Crippen LogP contribution in [0.5, 0.6) is 0 Å². The third-order valence-electron chi connectivity index (χ3n) is 8.52. The summed E-state index contributed by atoms with van der Waals surface area (Å²) in [6.07, 6.45) is 49.7. The average Bonchev–Trinajstić information content (AvgIpc) is 2.95. The van der Waals surface area contributed by atoms with Crippen molar-refractivity contribution in [2.75, 3.05) is 13.1 Å². The van der Waals surface area contributed by atoms with Crippen molar-refractivity contribution in [3.8, 4) is 0 Å². The third-order valence-corrected chi connectivity index (χ3v) is 8.52. The smallest absolute Gasteiger partial charge is 0.00489 e. The van der Waals surface area contributed by atoms with Gasteiger partial charge in [0.2, 0.25) is 0 Å². The first-order valence-corrected chi connectivity index (χ1v) is 18.3. The molecule has 1 heteroatoms. The first kappa shape index (κ1) is 38.4. The van der Waals surface area contributed by atoms with Crippen molar-refractivity contribution in [3.63, 3.8) is 0 Å². The molecule has 0 atom stereocenters. The minimum atomic E-state index is 1.20. The Morgan fingerprint density at radius 1 is 0.256 bits per heavy atom. The molecule has 0 amide bonds. The average molecular weight is 546 g/mol. The van der Waals surface area contributed by atoms with Crippen LogP contribution in [0.25, 0.3) is 0 Å². The Morgan fingerprint density at radius 2 is 0.436 bits per heavy atom. The monoisotopic (exact) mass is 546 g/mol. The lowest BCUT2D eigenvalue weighted by Gasteiger charge is -2.06. The maximum atomic E-state index is 3.80. The number of hydrogen-bond donors (Lipinski definition) is 1. The molecule has 0 unspecified atom stereocenters. The minimum Gasteiger partial charge on any atom is -0.317 e. The molecule has 1 nitrogen and oxygen atoms in total. The molecule has 0 aromatic heterocycles. The normalized spacial score (nSPS) is 11.3. The molecular weight excluding hydrogens is 470 g/mol. The lowest BCUT2D eigenvalue weighted by Crippen LogP contribution is -2.16. The van der Waals surface area contributed by atoms with Crippen LogP contribution in [0.3, 0.4) is 0 Å². The van der Waals surface area contributed by atoms with Gasteiger partial charge in [0, 0.05) is 0 Å². The Hall–Kier alpha value is -0.560. The van der Waals surface area contributed by atoms with E-state index in [9.17, 15) is 0 Å². The highest BCUT2D eigenvalue weighted by Crippen LogP contribution is 2.15. The molecule has 0 aliphatic rings. The minimum absolute atomic E-state index is 1.20. The molecule has 232 valence electrons. The van der Waals surface area contributed by atoms with E-state index < -0.39 is 0 Å². The molecule has 39 heavy (non-hydrogen) atoms. The fourth-order valence-corrected chi connectivity index (χ4v) is 5.80. The van der Waals surface area contributed by atoms with Crippen LogP contribution < -0.4 is 5.32 Å². The number of unbranched alkanes of at least 4 members (excludes halogenated alkanes) is 30. The van der Waals surface area contributed by atoms with Gasteiger partial charge in [-0.25, -0.2) is 0 Å². The van der Waals surface area contributed by atoms with E-state index in [-0.39, 0.29) is 0 Å². The molecule has 0 heterocycles. The van der Waals surface area contributed by atoms with Gasteiger partial charge in [-0.2, -0.15) is 0 Å². The van der Waals surface area contributed by atoms with Crippen LogP contribution in [0.2, 0.25) is 0 Å². The van der Waals surface area contributed by atoms with Gasteiger partial charge in [0.15, 0.2) is 0 Å². The molecule has 0 aliphatic heterocycles. The van der Waals surface area contributed by atoms with Gasteiger partial charge in [0.1, 0.15) is 0 Å². The van der Waals surface area contributed by atoms with Crippen molar-refractivity contribution in [1.82, 2.24) is 5.32 Å². The van der Waals surface area contributed by atoms with E-state index in [1.165, 1.54) is 219 Å². The lowest BCUT2D eigenvalue weighted by atomic mass is 10.0. The van der Waals surface area contributed by atoms with E-state index in [1.807, 2.05) is 0 Å². The second-order valence-electron chi connectivity index (χ2n) is 12.5. The summed E-state index contributed by atoms with van der Waals surface area (Å²) >= 11 is 0. The van der Waals surface area contributed by atoms with Gasteiger partial charge in [-0.3, -0.25) is 0 Å². The Kier molecular flexibility index (Phi) is 36.9. The summed E-state index contributed by atoms with van der Waals surface area (Å²) in [7, 11) is 0. The summed E-state index contributed by atoms with van der Waals surface area (Å²) in [5.74, 6) is 0. The first-order valence-electron chi connectivity index (χ1n) is 18.3. The van der Waals surface area contributed by atoms with E-state index in [0.717, 1.165) is 0 Å². The topological polar surface area (TPSA) is 12.0 Å².